The molecule has 0 bridgehead atoms. The van der Waals surface area contributed by atoms with E-state index in [9.17, 15) is 19.1 Å². The van der Waals surface area contributed by atoms with Crippen molar-refractivity contribution in [2.24, 2.45) is 0 Å². The first-order chi connectivity index (χ1) is 9.79. The molecule has 7 heteroatoms. The van der Waals surface area contributed by atoms with E-state index >= 15 is 0 Å². The highest BCUT2D eigenvalue weighted by molar-refractivity contribution is 5.99. The van der Waals surface area contributed by atoms with Gasteiger partial charge >= 0.3 is 5.97 Å². The fourth-order valence-corrected chi connectivity index (χ4v) is 1.72. The van der Waals surface area contributed by atoms with Crippen molar-refractivity contribution in [2.75, 3.05) is 13.2 Å². The number of fused-ring (bicyclic) bond motifs is 1. The van der Waals surface area contributed by atoms with E-state index in [0.717, 1.165) is 6.92 Å². The Morgan fingerprint density at radius 2 is 2.19 bits per heavy atom. The Morgan fingerprint density at radius 3 is 2.86 bits per heavy atom. The van der Waals surface area contributed by atoms with Gasteiger partial charge in [-0.15, -0.1) is 0 Å². The number of hydrogen-bond acceptors (Lipinski definition) is 4. The lowest BCUT2D eigenvalue weighted by molar-refractivity contribution is -0.156. The number of aliphatic hydroxyl groups is 1. The van der Waals surface area contributed by atoms with Crippen LogP contribution in [0.25, 0.3) is 6.08 Å². The molecule has 0 saturated carbocycles. The smallest absolute Gasteiger partial charge is 0.337 e. The van der Waals surface area contributed by atoms with E-state index in [2.05, 4.69) is 5.32 Å². The second kappa shape index (κ2) is 5.53. The van der Waals surface area contributed by atoms with Crippen LogP contribution in [0.5, 0.6) is 5.75 Å². The predicted octanol–water partition coefficient (Wildman–Crippen LogP) is 0.553. The Balaban J connectivity index is 2.09. The van der Waals surface area contributed by atoms with E-state index in [-0.39, 0.29) is 12.2 Å². The van der Waals surface area contributed by atoms with Gasteiger partial charge in [0, 0.05) is 5.56 Å². The van der Waals surface area contributed by atoms with Gasteiger partial charge in [0.2, 0.25) is 0 Å². The maximum absolute atomic E-state index is 13.1. The van der Waals surface area contributed by atoms with Gasteiger partial charge in [-0.1, -0.05) is 0 Å². The minimum absolute atomic E-state index is 0.0142. The third-order valence-electron chi connectivity index (χ3n) is 3.03. The highest BCUT2D eigenvalue weighted by Gasteiger charge is 2.31. The minimum atomic E-state index is -2.06. The predicted molar refractivity (Wildman–Crippen MR) is 71.1 cm³/mol. The topological polar surface area (TPSA) is 95.9 Å². The van der Waals surface area contributed by atoms with Crippen LogP contribution in [0.4, 0.5) is 4.39 Å². The normalized spacial score (nSPS) is 16.0. The molecule has 1 aromatic rings. The maximum atomic E-state index is 13.1. The molecule has 1 amide bonds. The van der Waals surface area contributed by atoms with Crippen LogP contribution in [-0.2, 0) is 9.59 Å². The van der Waals surface area contributed by atoms with E-state index in [1.807, 2.05) is 0 Å². The van der Waals surface area contributed by atoms with Gasteiger partial charge in [-0.2, -0.15) is 0 Å². The highest BCUT2D eigenvalue weighted by Crippen LogP contribution is 2.26. The zero-order valence-electron chi connectivity index (χ0n) is 11.2. The summed E-state index contributed by atoms with van der Waals surface area (Å²) >= 11 is 0. The lowest BCUT2D eigenvalue weighted by Gasteiger charge is -2.21. The Hall–Kier alpha value is -2.41. The van der Waals surface area contributed by atoms with Crippen molar-refractivity contribution in [1.29, 1.82) is 0 Å². The summed E-state index contributed by atoms with van der Waals surface area (Å²) < 4.78 is 18.4. The van der Waals surface area contributed by atoms with Crippen molar-refractivity contribution in [1.82, 2.24) is 5.32 Å². The average molecular weight is 295 g/mol. The zero-order valence-corrected chi connectivity index (χ0v) is 11.2. The number of aliphatic carboxylic acids is 1. The number of rotatable bonds is 4. The van der Waals surface area contributed by atoms with E-state index in [1.54, 1.807) is 0 Å². The minimum Gasteiger partial charge on any atom is -0.488 e. The van der Waals surface area contributed by atoms with E-state index < -0.39 is 29.8 Å². The van der Waals surface area contributed by atoms with E-state index in [1.165, 1.54) is 24.3 Å². The van der Waals surface area contributed by atoms with E-state index in [0.29, 0.717) is 11.3 Å². The van der Waals surface area contributed by atoms with Crippen molar-refractivity contribution < 1.29 is 28.9 Å². The number of carbonyl (C=O) groups is 2. The summed E-state index contributed by atoms with van der Waals surface area (Å²) in [5.74, 6) is -2.01. The van der Waals surface area contributed by atoms with Gasteiger partial charge in [-0.05, 0) is 31.2 Å². The van der Waals surface area contributed by atoms with Crippen molar-refractivity contribution >= 4 is 18.0 Å². The molecule has 0 spiro atoms. The molecule has 0 saturated heterocycles. The fourth-order valence-electron chi connectivity index (χ4n) is 1.72. The van der Waals surface area contributed by atoms with Gasteiger partial charge in [0.15, 0.2) is 5.60 Å². The van der Waals surface area contributed by atoms with Crippen molar-refractivity contribution in [2.45, 2.75) is 12.5 Å². The molecule has 0 aromatic heterocycles. The molecule has 112 valence electrons. The number of hydrogen-bond donors (Lipinski definition) is 3. The molecular formula is C14H14FNO5. The number of carboxylic acid groups (broad SMARTS) is 1. The van der Waals surface area contributed by atoms with Crippen LogP contribution < -0.4 is 10.1 Å². The number of benzene rings is 1. The third-order valence-corrected chi connectivity index (χ3v) is 3.03. The summed E-state index contributed by atoms with van der Waals surface area (Å²) in [5, 5.41) is 20.6. The number of carbonyl (C=O) groups excluding carboxylic acids is 1. The largest absolute Gasteiger partial charge is 0.488 e. The van der Waals surface area contributed by atoms with E-state index in [4.69, 9.17) is 9.84 Å². The van der Waals surface area contributed by atoms with Gasteiger partial charge in [-0.25, -0.2) is 9.18 Å². The molecule has 1 atom stereocenters. The number of halogens is 1. The molecule has 3 N–H and O–H groups in total. The molecular weight excluding hydrogens is 281 g/mol. The van der Waals surface area contributed by atoms with Crippen molar-refractivity contribution in [3.8, 4) is 5.75 Å². The number of amides is 1. The van der Waals surface area contributed by atoms with Gasteiger partial charge in [-0.3, -0.25) is 4.79 Å². The maximum Gasteiger partial charge on any atom is 0.337 e. The first-order valence-electron chi connectivity index (χ1n) is 6.16. The van der Waals surface area contributed by atoms with Crippen LogP contribution in [0.15, 0.2) is 23.8 Å². The molecule has 2 rings (SSSR count). The Kier molecular flexibility index (Phi) is 3.95. The Bertz CT molecular complexity index is 624. The quantitative estimate of drug-likeness (QED) is 0.754. The summed E-state index contributed by atoms with van der Waals surface area (Å²) in [5.41, 5.74) is -1.42. The van der Waals surface area contributed by atoms with Crippen molar-refractivity contribution in [3.05, 3.63) is 35.2 Å². The van der Waals surface area contributed by atoms with Gasteiger partial charge in [0.1, 0.15) is 18.2 Å². The van der Waals surface area contributed by atoms with Crippen LogP contribution in [0.1, 0.15) is 12.5 Å². The highest BCUT2D eigenvalue weighted by atomic mass is 19.1. The fraction of sp³-hybridized carbons (Fsp3) is 0.286. The van der Waals surface area contributed by atoms with Crippen LogP contribution in [0.2, 0.25) is 0 Å². The molecule has 1 unspecified atom stereocenters. The lowest BCUT2D eigenvalue weighted by atomic mass is 10.1. The molecule has 6 nitrogen and oxygen atoms in total. The van der Waals surface area contributed by atoms with Crippen molar-refractivity contribution in [3.63, 3.8) is 0 Å². The Morgan fingerprint density at radius 1 is 1.48 bits per heavy atom. The monoisotopic (exact) mass is 295 g/mol. The standard InChI is InChI=1S/C14H14FNO5/c1-14(20,13(18)19)7-16-12(17)9-4-8-5-10(15)2-3-11(8)21-6-9/h2-5,20H,6-7H2,1H3,(H,16,17)(H,18,19). The Labute approximate surface area is 119 Å². The molecule has 1 heterocycles. The number of nitrogens with one attached hydrogen (secondary N) is 1. The summed E-state index contributed by atoms with van der Waals surface area (Å²) in [4.78, 5) is 22.6. The van der Waals surface area contributed by atoms with Crippen LogP contribution >= 0.6 is 0 Å². The second-order valence-electron chi connectivity index (χ2n) is 4.90. The first kappa shape index (κ1) is 15.0. The summed E-state index contributed by atoms with van der Waals surface area (Å²) in [6.45, 7) is 0.611. The molecule has 21 heavy (non-hydrogen) atoms. The van der Waals surface area contributed by atoms with Gasteiger partial charge < -0.3 is 20.3 Å². The lowest BCUT2D eigenvalue weighted by Crippen LogP contribution is -2.47. The van der Waals surface area contributed by atoms with Gasteiger partial charge in [0.05, 0.1) is 12.1 Å². The molecule has 0 radical (unpaired) electrons. The first-order valence-corrected chi connectivity index (χ1v) is 6.16. The van der Waals surface area contributed by atoms with Crippen LogP contribution in [-0.4, -0.2) is 40.8 Å². The average Bonchev–Trinajstić information content (AvgIpc) is 2.43. The third kappa shape index (κ3) is 3.38. The molecule has 1 aliphatic heterocycles. The molecule has 0 aliphatic carbocycles. The number of ether oxygens (including phenoxy) is 1. The SMILES string of the molecule is CC(O)(CNC(=O)C1=Cc2cc(F)ccc2OC1)C(=O)O. The molecule has 1 aromatic carbocycles. The number of carboxylic acids is 1. The van der Waals surface area contributed by atoms with Crippen LogP contribution in [0.3, 0.4) is 0 Å². The summed E-state index contributed by atoms with van der Waals surface area (Å²) in [7, 11) is 0. The van der Waals surface area contributed by atoms with Gasteiger partial charge in [0.25, 0.3) is 5.91 Å². The second-order valence-corrected chi connectivity index (χ2v) is 4.90. The zero-order chi connectivity index (χ0) is 15.6. The van der Waals surface area contributed by atoms with Crippen LogP contribution in [0, 0.1) is 5.82 Å². The summed E-state index contributed by atoms with van der Waals surface area (Å²) in [6.07, 6.45) is 1.47. The molecule has 0 fully saturated rings. The molecule has 1 aliphatic rings. The summed E-state index contributed by atoms with van der Waals surface area (Å²) in [6, 6.07) is 3.95.